The quantitative estimate of drug-likeness (QED) is 0.118. The first-order valence-corrected chi connectivity index (χ1v) is 21.2. The molecule has 0 saturated heterocycles. The van der Waals surface area contributed by atoms with E-state index in [9.17, 15) is 0 Å². The van der Waals surface area contributed by atoms with Gasteiger partial charge in [-0.3, -0.25) is 0 Å². The van der Waals surface area contributed by atoms with Crippen LogP contribution in [0.3, 0.4) is 0 Å². The van der Waals surface area contributed by atoms with E-state index in [1.165, 1.54) is 16.3 Å². The molecule has 1 radical (unpaired) electrons. The SMILES string of the molecule is CC(C)(C)Cc1cc(-c2[c-]cccc2)ncc1[Si](C)(C)C.CC(C)Cc1ccnc(-c2[c-]cc(-c3ccccc3)c3c2oc2ccccc23)c1.[Ir]. The molecule has 7 rings (SSSR count). The smallest absolute Gasteiger partial charge is 0.120 e. The predicted octanol–water partition coefficient (Wildman–Crippen LogP) is 12.0. The Labute approximate surface area is 319 Å². The summed E-state index contributed by atoms with van der Waals surface area (Å²) in [6, 6.07) is 42.1. The van der Waals surface area contributed by atoms with Crippen molar-refractivity contribution in [1.29, 1.82) is 0 Å². The predicted molar refractivity (Wildman–Crippen MR) is 214 cm³/mol. The topological polar surface area (TPSA) is 38.9 Å². The zero-order chi connectivity index (χ0) is 35.5. The van der Waals surface area contributed by atoms with Crippen LogP contribution in [0.25, 0.3) is 55.6 Å². The Kier molecular flexibility index (Phi) is 12.0. The van der Waals surface area contributed by atoms with E-state index in [0.29, 0.717) is 5.92 Å². The number of aromatic nitrogens is 2. The Bertz CT molecular complexity index is 2210. The van der Waals surface area contributed by atoms with Gasteiger partial charge in [0.15, 0.2) is 0 Å². The third-order valence-corrected chi connectivity index (χ3v) is 10.8. The number of hydrogen-bond acceptors (Lipinski definition) is 3. The number of para-hydroxylation sites is 1. The van der Waals surface area contributed by atoms with Gasteiger partial charge in [0, 0.05) is 37.9 Å². The summed E-state index contributed by atoms with van der Waals surface area (Å²) in [5.74, 6) is 0.598. The number of furan rings is 1. The maximum absolute atomic E-state index is 6.35. The summed E-state index contributed by atoms with van der Waals surface area (Å²) < 4.78 is 6.35. The van der Waals surface area contributed by atoms with Crippen molar-refractivity contribution >= 4 is 35.2 Å². The Hall–Kier alpha value is -4.15. The molecule has 3 nitrogen and oxygen atoms in total. The van der Waals surface area contributed by atoms with Crippen LogP contribution < -0.4 is 5.19 Å². The normalized spacial score (nSPS) is 11.7. The molecule has 0 N–H and O–H groups in total. The van der Waals surface area contributed by atoms with Gasteiger partial charge in [-0.25, -0.2) is 0 Å². The molecular formula is C46H48IrN2OSi-2. The molecule has 3 aromatic heterocycles. The Balaban J connectivity index is 0.000000205. The average Bonchev–Trinajstić information content (AvgIpc) is 3.47. The molecular weight excluding hydrogens is 817 g/mol. The summed E-state index contributed by atoms with van der Waals surface area (Å²) >= 11 is 0. The van der Waals surface area contributed by atoms with Gasteiger partial charge in [0.05, 0.1) is 13.7 Å². The fraction of sp³-hybridized carbons (Fsp3) is 0.261. The fourth-order valence-electron chi connectivity index (χ4n) is 6.61. The average molecular weight is 865 g/mol. The van der Waals surface area contributed by atoms with Gasteiger partial charge in [-0.05, 0) is 58.3 Å². The number of rotatable bonds is 7. The number of pyridine rings is 2. The fourth-order valence-corrected chi connectivity index (χ4v) is 8.18. The van der Waals surface area contributed by atoms with E-state index in [2.05, 4.69) is 144 Å². The maximum Gasteiger partial charge on any atom is 0.120 e. The van der Waals surface area contributed by atoms with E-state index < -0.39 is 8.07 Å². The van der Waals surface area contributed by atoms with E-state index in [1.54, 1.807) is 0 Å². The van der Waals surface area contributed by atoms with Crippen LogP contribution in [0.2, 0.25) is 19.6 Å². The van der Waals surface area contributed by atoms with Crippen molar-refractivity contribution in [1.82, 2.24) is 9.97 Å². The summed E-state index contributed by atoms with van der Waals surface area (Å²) in [4.78, 5) is 9.36. The monoisotopic (exact) mass is 865 g/mol. The number of benzene rings is 4. The third kappa shape index (κ3) is 9.21. The van der Waals surface area contributed by atoms with Crippen molar-refractivity contribution in [2.75, 3.05) is 0 Å². The van der Waals surface area contributed by atoms with Crippen molar-refractivity contribution in [3.63, 3.8) is 0 Å². The van der Waals surface area contributed by atoms with Gasteiger partial charge in [0.1, 0.15) is 5.58 Å². The van der Waals surface area contributed by atoms with Crippen molar-refractivity contribution in [3.8, 4) is 33.6 Å². The van der Waals surface area contributed by atoms with Crippen LogP contribution in [0.1, 0.15) is 45.7 Å². The molecule has 0 aliphatic heterocycles. The summed E-state index contributed by atoms with van der Waals surface area (Å²) in [6.07, 6.45) is 6.12. The molecule has 0 amide bonds. The molecule has 7 aromatic rings. The van der Waals surface area contributed by atoms with Gasteiger partial charge < -0.3 is 14.4 Å². The minimum absolute atomic E-state index is 0. The first kappa shape index (κ1) is 38.1. The van der Waals surface area contributed by atoms with Crippen LogP contribution in [0.15, 0.2) is 120 Å². The molecule has 263 valence electrons. The molecule has 4 aromatic carbocycles. The summed E-state index contributed by atoms with van der Waals surface area (Å²) in [5, 5.41) is 3.73. The van der Waals surface area contributed by atoms with Crippen molar-refractivity contribution < 1.29 is 24.5 Å². The van der Waals surface area contributed by atoms with Gasteiger partial charge in [0.2, 0.25) is 0 Å². The zero-order valence-electron chi connectivity index (χ0n) is 31.1. The first-order valence-electron chi connectivity index (χ1n) is 17.7. The largest absolute Gasteiger partial charge is 0.501 e. The molecule has 5 heteroatoms. The first-order chi connectivity index (χ1) is 23.9. The number of nitrogens with zero attached hydrogens (tertiary/aromatic N) is 2. The van der Waals surface area contributed by atoms with Gasteiger partial charge >= 0.3 is 0 Å². The molecule has 0 fully saturated rings. The van der Waals surface area contributed by atoms with Crippen LogP contribution in [0, 0.1) is 23.5 Å². The van der Waals surface area contributed by atoms with Crippen molar-refractivity contribution in [2.24, 2.45) is 11.3 Å². The van der Waals surface area contributed by atoms with Crippen LogP contribution in [-0.4, -0.2) is 18.0 Å². The van der Waals surface area contributed by atoms with Crippen LogP contribution in [0.4, 0.5) is 0 Å². The van der Waals surface area contributed by atoms with E-state index >= 15 is 0 Å². The van der Waals surface area contributed by atoms with Crippen LogP contribution in [0.5, 0.6) is 0 Å². The second-order valence-electron chi connectivity index (χ2n) is 15.9. The second-order valence-corrected chi connectivity index (χ2v) is 20.9. The molecule has 0 spiro atoms. The van der Waals surface area contributed by atoms with Crippen LogP contribution >= 0.6 is 0 Å². The van der Waals surface area contributed by atoms with E-state index in [1.807, 2.05) is 42.6 Å². The summed E-state index contributed by atoms with van der Waals surface area (Å²) in [6.45, 7) is 18.6. The third-order valence-electron chi connectivity index (χ3n) is 8.77. The van der Waals surface area contributed by atoms with Gasteiger partial charge in [0.25, 0.3) is 0 Å². The van der Waals surface area contributed by atoms with Gasteiger partial charge in [-0.1, -0.05) is 143 Å². The Morgan fingerprint density at radius 2 is 1.53 bits per heavy atom. The standard InChI is InChI=1S/C27H22NO.C19H26NSi.Ir/c1-18(2)16-19-14-15-28-24(17-19)22-13-12-21(20-8-4-3-5-9-20)26-23-10-6-7-11-25(23)29-27(22)26;1-19(2,3)13-16-12-17(15-10-8-7-9-11-15)20-14-18(16)21(4,5)6;/h3-12,14-15,17-18H,16H2,1-2H3;7-10,12,14H,13H2,1-6H3;/q2*-1;. The molecule has 0 atom stereocenters. The van der Waals surface area contributed by atoms with E-state index in [4.69, 9.17) is 9.40 Å². The van der Waals surface area contributed by atoms with Crippen molar-refractivity contribution in [2.45, 2.75) is 67.1 Å². The Morgan fingerprint density at radius 3 is 2.22 bits per heavy atom. The van der Waals surface area contributed by atoms with Gasteiger partial charge in [-0.15, -0.1) is 48.0 Å². The number of fused-ring (bicyclic) bond motifs is 3. The molecule has 0 unspecified atom stereocenters. The Morgan fingerprint density at radius 1 is 0.804 bits per heavy atom. The van der Waals surface area contributed by atoms with Crippen LogP contribution in [-0.2, 0) is 32.9 Å². The molecule has 0 saturated carbocycles. The zero-order valence-corrected chi connectivity index (χ0v) is 34.5. The maximum atomic E-state index is 6.35. The van der Waals surface area contributed by atoms with Gasteiger partial charge in [-0.2, -0.15) is 0 Å². The molecule has 0 aliphatic rings. The molecule has 3 heterocycles. The molecule has 51 heavy (non-hydrogen) atoms. The van der Waals surface area contributed by atoms with Crippen molar-refractivity contribution in [3.05, 3.63) is 139 Å². The minimum Gasteiger partial charge on any atom is -0.501 e. The molecule has 0 aliphatic carbocycles. The summed E-state index contributed by atoms with van der Waals surface area (Å²) in [7, 11) is -1.37. The number of hydrogen-bond donors (Lipinski definition) is 0. The molecule has 0 bridgehead atoms. The summed E-state index contributed by atoms with van der Waals surface area (Å²) in [5.41, 5.74) is 11.0. The second kappa shape index (κ2) is 16.0. The van der Waals surface area contributed by atoms with E-state index in [0.717, 1.165) is 68.4 Å². The minimum atomic E-state index is -1.37. The van der Waals surface area contributed by atoms with E-state index in [-0.39, 0.29) is 25.5 Å².